The van der Waals surface area contributed by atoms with Crippen molar-refractivity contribution in [3.05, 3.63) is 11.3 Å². The Balaban J connectivity index is 2.56. The Hall–Kier alpha value is -0.530. The SMILES string of the molecule is CCOP(=O)(OCC)OC1=C2CCC[C@@H]2NC(C)(C(C)=O)C1S(=O)CC. The quantitative estimate of drug-likeness (QED) is 0.587. The minimum Gasteiger partial charge on any atom is -0.407 e. The first-order valence-electron chi connectivity index (χ1n) is 9.19. The van der Waals surface area contributed by atoms with Gasteiger partial charge in [0.15, 0.2) is 5.78 Å². The average Bonchev–Trinajstić information content (AvgIpc) is 3.02. The van der Waals surface area contributed by atoms with Gasteiger partial charge in [0.2, 0.25) is 0 Å². The summed E-state index contributed by atoms with van der Waals surface area (Å²) in [5.41, 5.74) is -0.131. The first-order valence-corrected chi connectivity index (χ1v) is 12.0. The van der Waals surface area contributed by atoms with Crippen molar-refractivity contribution in [2.45, 2.75) is 70.7 Å². The molecule has 1 saturated carbocycles. The molecule has 0 radical (unpaired) electrons. The van der Waals surface area contributed by atoms with E-state index >= 15 is 0 Å². The van der Waals surface area contributed by atoms with Crippen LogP contribution in [0.4, 0.5) is 0 Å². The molecule has 4 atom stereocenters. The molecule has 1 N–H and O–H groups in total. The summed E-state index contributed by atoms with van der Waals surface area (Å²) in [5.74, 6) is 0.585. The number of rotatable bonds is 9. The maximum absolute atomic E-state index is 13.0. The van der Waals surface area contributed by atoms with Crippen LogP contribution in [0, 0.1) is 0 Å². The van der Waals surface area contributed by atoms with Gasteiger partial charge in [-0.15, -0.1) is 0 Å². The Morgan fingerprint density at radius 3 is 2.42 bits per heavy atom. The molecule has 9 heteroatoms. The molecular formula is C17H30NO6PS. The predicted octanol–water partition coefficient (Wildman–Crippen LogP) is 3.08. The second-order valence-electron chi connectivity index (χ2n) is 6.66. The summed E-state index contributed by atoms with van der Waals surface area (Å²) in [6, 6.07) is -0.0549. The number of hydrogen-bond acceptors (Lipinski definition) is 7. The highest BCUT2D eigenvalue weighted by Crippen LogP contribution is 2.55. The maximum Gasteiger partial charge on any atom is 0.529 e. The molecule has 0 saturated heterocycles. The van der Waals surface area contributed by atoms with Crippen LogP contribution in [0.5, 0.6) is 0 Å². The zero-order valence-corrected chi connectivity index (χ0v) is 17.9. The van der Waals surface area contributed by atoms with Crippen LogP contribution in [0.15, 0.2) is 11.3 Å². The zero-order chi connectivity index (χ0) is 19.5. The van der Waals surface area contributed by atoms with Crippen LogP contribution < -0.4 is 5.32 Å². The predicted molar refractivity (Wildman–Crippen MR) is 101 cm³/mol. The number of carbonyl (C=O) groups is 1. The minimum absolute atomic E-state index is 0.0549. The Morgan fingerprint density at radius 1 is 1.31 bits per heavy atom. The summed E-state index contributed by atoms with van der Waals surface area (Å²) in [6.45, 7) is 8.75. The fourth-order valence-electron chi connectivity index (χ4n) is 3.64. The molecule has 26 heavy (non-hydrogen) atoms. The normalized spacial score (nSPS) is 30.2. The van der Waals surface area contributed by atoms with Crippen molar-refractivity contribution in [1.29, 1.82) is 0 Å². The fourth-order valence-corrected chi connectivity index (χ4v) is 6.51. The summed E-state index contributed by atoms with van der Waals surface area (Å²) >= 11 is 0. The molecule has 0 amide bonds. The van der Waals surface area contributed by atoms with Gasteiger partial charge in [0, 0.05) is 22.6 Å². The molecule has 1 aliphatic heterocycles. The van der Waals surface area contributed by atoms with E-state index in [1.807, 2.05) is 0 Å². The van der Waals surface area contributed by atoms with Crippen molar-refractivity contribution in [3.63, 3.8) is 0 Å². The fraction of sp³-hybridized carbons (Fsp3) is 0.824. The van der Waals surface area contributed by atoms with Gasteiger partial charge in [-0.1, -0.05) is 6.92 Å². The number of phosphoric ester groups is 1. The van der Waals surface area contributed by atoms with Gasteiger partial charge in [0.05, 0.1) is 18.8 Å². The highest BCUT2D eigenvalue weighted by Gasteiger charge is 2.53. The van der Waals surface area contributed by atoms with E-state index in [2.05, 4.69) is 5.32 Å². The van der Waals surface area contributed by atoms with Crippen molar-refractivity contribution in [1.82, 2.24) is 5.32 Å². The third-order valence-electron chi connectivity index (χ3n) is 4.98. The van der Waals surface area contributed by atoms with E-state index in [-0.39, 0.29) is 25.0 Å². The standard InChI is InChI=1S/C17H30NO6PS/c1-6-22-25(20,23-7-2)24-15-13-10-9-11-14(13)18-17(5,12(4)19)16(15)26(21)8-3/h14,16,18H,6-11H2,1-5H3/t14-,16?,17?,26?/m0/s1. The van der Waals surface area contributed by atoms with E-state index in [1.165, 1.54) is 6.92 Å². The van der Waals surface area contributed by atoms with Gasteiger partial charge < -0.3 is 4.52 Å². The smallest absolute Gasteiger partial charge is 0.407 e. The van der Waals surface area contributed by atoms with E-state index in [0.29, 0.717) is 11.5 Å². The van der Waals surface area contributed by atoms with Gasteiger partial charge >= 0.3 is 7.82 Å². The van der Waals surface area contributed by atoms with E-state index in [1.54, 1.807) is 27.7 Å². The lowest BCUT2D eigenvalue weighted by molar-refractivity contribution is -0.123. The van der Waals surface area contributed by atoms with Crippen molar-refractivity contribution in [2.75, 3.05) is 19.0 Å². The van der Waals surface area contributed by atoms with E-state index in [0.717, 1.165) is 24.8 Å². The largest absolute Gasteiger partial charge is 0.529 e. The number of Topliss-reactive ketones (excluding diaryl/α,β-unsaturated/α-hetero) is 1. The first kappa shape index (κ1) is 21.8. The molecule has 3 unspecified atom stereocenters. The number of hydrogen-bond donors (Lipinski definition) is 1. The molecule has 0 bridgehead atoms. The maximum atomic E-state index is 13.0. The monoisotopic (exact) mass is 407 g/mol. The van der Waals surface area contributed by atoms with Crippen LogP contribution in [-0.2, 0) is 33.7 Å². The van der Waals surface area contributed by atoms with E-state index in [9.17, 15) is 13.6 Å². The molecule has 0 aromatic carbocycles. The molecule has 0 spiro atoms. The molecule has 1 fully saturated rings. The molecule has 7 nitrogen and oxygen atoms in total. The lowest BCUT2D eigenvalue weighted by atomic mass is 9.84. The molecule has 0 aromatic rings. The van der Waals surface area contributed by atoms with Crippen LogP contribution in [0.1, 0.15) is 53.9 Å². The van der Waals surface area contributed by atoms with Crippen LogP contribution in [0.25, 0.3) is 0 Å². The summed E-state index contributed by atoms with van der Waals surface area (Å²) in [4.78, 5) is 12.5. The number of nitrogens with one attached hydrogen (secondary N) is 1. The molecule has 150 valence electrons. The minimum atomic E-state index is -3.84. The topological polar surface area (TPSA) is 90.9 Å². The van der Waals surface area contributed by atoms with Crippen LogP contribution in [0.3, 0.4) is 0 Å². The van der Waals surface area contributed by atoms with Gasteiger partial charge in [-0.05, 0) is 52.5 Å². The second-order valence-corrected chi connectivity index (χ2v) is 10.1. The second kappa shape index (κ2) is 8.65. The van der Waals surface area contributed by atoms with Crippen LogP contribution >= 0.6 is 7.82 Å². The first-order chi connectivity index (χ1) is 12.2. The Labute approximate surface area is 158 Å². The summed E-state index contributed by atoms with van der Waals surface area (Å²) in [7, 11) is -5.23. The summed E-state index contributed by atoms with van der Waals surface area (Å²) < 4.78 is 42.4. The third-order valence-corrected chi connectivity index (χ3v) is 8.33. The van der Waals surface area contributed by atoms with Gasteiger partial charge in [-0.3, -0.25) is 23.4 Å². The van der Waals surface area contributed by atoms with Crippen molar-refractivity contribution >= 4 is 24.4 Å². The van der Waals surface area contributed by atoms with Gasteiger partial charge in [-0.2, -0.15) is 0 Å². The summed E-state index contributed by atoms with van der Waals surface area (Å²) in [6.07, 6.45) is 2.52. The Bertz CT molecular complexity index is 641. The molecule has 1 heterocycles. The van der Waals surface area contributed by atoms with Crippen molar-refractivity contribution < 1.29 is 27.1 Å². The zero-order valence-electron chi connectivity index (χ0n) is 16.2. The Morgan fingerprint density at radius 2 is 1.92 bits per heavy atom. The Kier molecular flexibility index (Phi) is 7.24. The molecule has 1 aliphatic carbocycles. The molecular weight excluding hydrogens is 377 g/mol. The van der Waals surface area contributed by atoms with Crippen molar-refractivity contribution in [2.24, 2.45) is 0 Å². The highest BCUT2D eigenvalue weighted by atomic mass is 32.2. The third kappa shape index (κ3) is 4.14. The van der Waals surface area contributed by atoms with Crippen molar-refractivity contribution in [3.8, 4) is 0 Å². The lowest BCUT2D eigenvalue weighted by Crippen LogP contribution is -2.65. The average molecular weight is 407 g/mol. The van der Waals surface area contributed by atoms with Crippen LogP contribution in [-0.4, -0.2) is 45.8 Å². The number of carbonyl (C=O) groups excluding carboxylic acids is 1. The number of phosphoric acid groups is 1. The summed E-state index contributed by atoms with van der Waals surface area (Å²) in [5, 5.41) is 2.65. The molecule has 2 aliphatic rings. The molecule has 0 aromatic heterocycles. The molecule has 2 rings (SSSR count). The van der Waals surface area contributed by atoms with Gasteiger partial charge in [0.25, 0.3) is 0 Å². The number of fused-ring (bicyclic) bond motifs is 1. The van der Waals surface area contributed by atoms with Gasteiger partial charge in [0.1, 0.15) is 11.0 Å². The van der Waals surface area contributed by atoms with Crippen LogP contribution in [0.2, 0.25) is 0 Å². The lowest BCUT2D eigenvalue weighted by Gasteiger charge is -2.44. The highest BCUT2D eigenvalue weighted by molar-refractivity contribution is 7.86. The van der Waals surface area contributed by atoms with E-state index in [4.69, 9.17) is 13.6 Å². The van der Waals surface area contributed by atoms with E-state index < -0.39 is 29.4 Å². The number of ketones is 1. The van der Waals surface area contributed by atoms with Gasteiger partial charge in [-0.25, -0.2) is 4.57 Å².